The van der Waals surface area contributed by atoms with Gasteiger partial charge in [0.1, 0.15) is 18.6 Å². The molecule has 0 radical (unpaired) electrons. The van der Waals surface area contributed by atoms with Crippen LogP contribution in [0.15, 0.2) is 67.4 Å². The summed E-state index contributed by atoms with van der Waals surface area (Å²) in [6.07, 6.45) is 6.42. The molecule has 0 atom stereocenters. The summed E-state index contributed by atoms with van der Waals surface area (Å²) in [5, 5.41) is 11.3. The van der Waals surface area contributed by atoms with Gasteiger partial charge in [0, 0.05) is 29.0 Å². The number of benzene rings is 1. The van der Waals surface area contributed by atoms with Crippen LogP contribution in [0.1, 0.15) is 16.1 Å². The first kappa shape index (κ1) is 17.0. The van der Waals surface area contributed by atoms with Crippen LogP contribution in [-0.4, -0.2) is 25.6 Å². The number of aromatic hydroxyl groups is 1. The van der Waals surface area contributed by atoms with E-state index in [1.165, 1.54) is 6.33 Å². The number of pyridine rings is 1. The lowest BCUT2D eigenvalue weighted by molar-refractivity contribution is -0.514. The van der Waals surface area contributed by atoms with E-state index in [2.05, 4.69) is 9.97 Å². The molecule has 1 aromatic carbocycles. The van der Waals surface area contributed by atoms with E-state index in [0.717, 1.165) is 5.56 Å². The third kappa shape index (κ3) is 3.32. The lowest BCUT2D eigenvalue weighted by atomic mass is 10.3. The van der Waals surface area contributed by atoms with Crippen molar-refractivity contribution in [3.63, 3.8) is 0 Å². The van der Waals surface area contributed by atoms with Crippen molar-refractivity contribution in [1.29, 1.82) is 0 Å². The number of rotatable bonds is 4. The lowest BCUT2D eigenvalue weighted by Crippen LogP contribution is -2.29. The molecule has 0 bridgehead atoms. The van der Waals surface area contributed by atoms with Crippen LogP contribution >= 0.6 is 11.6 Å². The number of imidazole rings is 1. The molecule has 0 amide bonds. The number of aromatic nitrogens is 4. The maximum atomic E-state index is 12.7. The highest BCUT2D eigenvalue weighted by Crippen LogP contribution is 2.23. The molecule has 0 aliphatic carbocycles. The van der Waals surface area contributed by atoms with Gasteiger partial charge in [0.15, 0.2) is 0 Å². The van der Waals surface area contributed by atoms with Crippen LogP contribution in [-0.2, 0) is 6.54 Å². The largest absolute Gasteiger partial charge is 0.474 e. The molecule has 0 aliphatic rings. The molecule has 134 valence electrons. The first-order chi connectivity index (χ1) is 13.1. The zero-order chi connectivity index (χ0) is 18.8. The highest BCUT2D eigenvalue weighted by atomic mass is 35.5. The average molecular weight is 382 g/mol. The Bertz CT molecular complexity index is 1110. The summed E-state index contributed by atoms with van der Waals surface area (Å²) in [7, 11) is 0. The molecule has 3 aromatic heterocycles. The summed E-state index contributed by atoms with van der Waals surface area (Å²) in [6.45, 7) is 0.300. The number of halogens is 1. The van der Waals surface area contributed by atoms with Gasteiger partial charge >= 0.3 is 17.5 Å². The Morgan fingerprint density at radius 2 is 1.89 bits per heavy atom. The van der Waals surface area contributed by atoms with Gasteiger partial charge < -0.3 is 9.84 Å². The molecule has 8 heteroatoms. The van der Waals surface area contributed by atoms with E-state index in [9.17, 15) is 9.90 Å². The van der Waals surface area contributed by atoms with Gasteiger partial charge in [0.25, 0.3) is 5.65 Å². The van der Waals surface area contributed by atoms with Crippen molar-refractivity contribution in [3.05, 3.63) is 83.7 Å². The van der Waals surface area contributed by atoms with E-state index in [1.807, 2.05) is 6.07 Å². The van der Waals surface area contributed by atoms with Gasteiger partial charge in [0.05, 0.1) is 6.20 Å². The van der Waals surface area contributed by atoms with Gasteiger partial charge in [-0.3, -0.25) is 0 Å². The molecule has 0 spiro atoms. The van der Waals surface area contributed by atoms with Crippen molar-refractivity contribution < 1.29 is 19.0 Å². The molecule has 4 rings (SSSR count). The summed E-state index contributed by atoms with van der Waals surface area (Å²) < 4.78 is 8.57. The van der Waals surface area contributed by atoms with E-state index in [-0.39, 0.29) is 11.6 Å². The average Bonchev–Trinajstić information content (AvgIpc) is 2.96. The highest BCUT2D eigenvalue weighted by molar-refractivity contribution is 6.30. The monoisotopic (exact) mass is 381 g/mol. The minimum atomic E-state index is -0.681. The van der Waals surface area contributed by atoms with Crippen LogP contribution < -0.4 is 9.14 Å². The van der Waals surface area contributed by atoms with E-state index in [1.54, 1.807) is 64.0 Å². The molecule has 1 N–H and O–H groups in total. The number of ether oxygens (including phenoxy) is 1. The van der Waals surface area contributed by atoms with Crippen molar-refractivity contribution in [2.75, 3.05) is 0 Å². The topological polar surface area (TPSA) is 81.3 Å². The van der Waals surface area contributed by atoms with Gasteiger partial charge in [0.2, 0.25) is 0 Å². The Labute approximate surface area is 159 Å². The second-order valence-electron chi connectivity index (χ2n) is 5.78. The van der Waals surface area contributed by atoms with Gasteiger partial charge in [-0.2, -0.15) is 8.97 Å². The predicted octanol–water partition coefficient (Wildman–Crippen LogP) is 2.64. The third-order valence-corrected chi connectivity index (χ3v) is 4.25. The normalized spacial score (nSPS) is 10.9. The molecule has 3 heterocycles. The maximum Gasteiger partial charge on any atom is 0.392 e. The third-order valence-electron chi connectivity index (χ3n) is 4.00. The Balaban J connectivity index is 1.75. The number of hydrogen-bond acceptors (Lipinski definition) is 5. The Morgan fingerprint density at radius 3 is 2.63 bits per heavy atom. The molecule has 0 saturated carbocycles. The first-order valence-electron chi connectivity index (χ1n) is 8.07. The molecule has 0 fully saturated rings. The fraction of sp³-hybridized carbons (Fsp3) is 0.0526. The van der Waals surface area contributed by atoms with Crippen LogP contribution in [0.4, 0.5) is 0 Å². The molecular weight excluding hydrogens is 368 g/mol. The van der Waals surface area contributed by atoms with Gasteiger partial charge in [-0.1, -0.05) is 17.7 Å². The van der Waals surface area contributed by atoms with Crippen molar-refractivity contribution >= 4 is 23.2 Å². The smallest absolute Gasteiger partial charge is 0.392 e. The van der Waals surface area contributed by atoms with Crippen molar-refractivity contribution in [3.8, 4) is 11.6 Å². The van der Waals surface area contributed by atoms with Crippen molar-refractivity contribution in [2.24, 2.45) is 0 Å². The lowest BCUT2D eigenvalue weighted by Gasteiger charge is -2.02. The van der Waals surface area contributed by atoms with Gasteiger partial charge in [-0.25, -0.2) is 14.8 Å². The Hall–Kier alpha value is -3.45. The zero-order valence-electron chi connectivity index (χ0n) is 14.0. The van der Waals surface area contributed by atoms with E-state index < -0.39 is 5.97 Å². The summed E-state index contributed by atoms with van der Waals surface area (Å²) in [5.41, 5.74) is 1.44. The van der Waals surface area contributed by atoms with Crippen LogP contribution in [0.3, 0.4) is 0 Å². The second kappa shape index (κ2) is 7.05. The molecule has 0 saturated heterocycles. The fourth-order valence-corrected chi connectivity index (χ4v) is 2.91. The minimum absolute atomic E-state index is 0.0254. The first-order valence-corrected chi connectivity index (χ1v) is 8.45. The van der Waals surface area contributed by atoms with Crippen LogP contribution in [0.2, 0.25) is 5.02 Å². The zero-order valence-corrected chi connectivity index (χ0v) is 14.7. The Kier molecular flexibility index (Phi) is 4.43. The quantitative estimate of drug-likeness (QED) is 0.334. The highest BCUT2D eigenvalue weighted by Gasteiger charge is 2.32. The standard InChI is InChI=1S/C19H13ClN4O3/c20-14-4-6-15(7-5-14)27-19(26)17-18(25)24(11-13-9-21-12-22-10-13)16-3-1-2-8-23(16)17/h1-10,12H,11H2/p+1. The van der Waals surface area contributed by atoms with Crippen LogP contribution in [0.5, 0.6) is 11.6 Å². The molecule has 27 heavy (non-hydrogen) atoms. The number of carbonyl (C=O) groups excluding carboxylic acids is 1. The fourth-order valence-electron chi connectivity index (χ4n) is 2.78. The minimum Gasteiger partial charge on any atom is -0.474 e. The number of hydrogen-bond donors (Lipinski definition) is 1. The number of esters is 1. The Morgan fingerprint density at radius 1 is 1.15 bits per heavy atom. The summed E-state index contributed by atoms with van der Waals surface area (Å²) in [4.78, 5) is 20.7. The number of fused-ring (bicyclic) bond motifs is 1. The summed E-state index contributed by atoms with van der Waals surface area (Å²) in [6, 6.07) is 11.8. The van der Waals surface area contributed by atoms with E-state index >= 15 is 0 Å². The molecule has 0 aliphatic heterocycles. The molecular formula is C19H14ClN4O3+. The predicted molar refractivity (Wildman–Crippen MR) is 96.8 cm³/mol. The van der Waals surface area contributed by atoms with E-state index in [4.69, 9.17) is 16.3 Å². The number of nitrogens with zero attached hydrogens (tertiary/aromatic N) is 4. The van der Waals surface area contributed by atoms with E-state index in [0.29, 0.717) is 23.0 Å². The maximum absolute atomic E-state index is 12.7. The van der Waals surface area contributed by atoms with Crippen LogP contribution in [0, 0.1) is 0 Å². The second-order valence-corrected chi connectivity index (χ2v) is 6.21. The van der Waals surface area contributed by atoms with Gasteiger partial charge in [-0.05, 0) is 30.3 Å². The summed E-state index contributed by atoms with van der Waals surface area (Å²) >= 11 is 5.85. The molecule has 7 nitrogen and oxygen atoms in total. The molecule has 4 aromatic rings. The SMILES string of the molecule is O=C(Oc1ccc(Cl)cc1)c1c(O)n(Cc2cncnc2)c2cccc[n+]12. The molecule has 0 unspecified atom stereocenters. The summed E-state index contributed by atoms with van der Waals surface area (Å²) in [5.74, 6) is -0.555. The van der Waals surface area contributed by atoms with Crippen molar-refractivity contribution in [2.45, 2.75) is 6.54 Å². The number of carbonyl (C=O) groups is 1. The van der Waals surface area contributed by atoms with Gasteiger partial charge in [-0.15, -0.1) is 0 Å². The van der Waals surface area contributed by atoms with Crippen molar-refractivity contribution in [1.82, 2.24) is 14.5 Å². The van der Waals surface area contributed by atoms with Crippen LogP contribution in [0.25, 0.3) is 5.65 Å².